The fourth-order valence-corrected chi connectivity index (χ4v) is 2.54. The molecule has 3 unspecified atom stereocenters. The van der Waals surface area contributed by atoms with Crippen molar-refractivity contribution in [1.29, 1.82) is 0 Å². The molecule has 108 valence electrons. The number of ether oxygens (including phenoxy) is 1. The molecule has 0 radical (unpaired) electrons. The van der Waals surface area contributed by atoms with E-state index in [9.17, 15) is 18.3 Å². The van der Waals surface area contributed by atoms with E-state index < -0.39 is 24.2 Å². The second kappa shape index (κ2) is 5.40. The van der Waals surface area contributed by atoms with Gasteiger partial charge in [0.15, 0.2) is 5.75 Å². The molecule has 1 heterocycles. The van der Waals surface area contributed by atoms with Gasteiger partial charge in [-0.1, -0.05) is 0 Å². The minimum atomic E-state index is -4.28. The Morgan fingerprint density at radius 3 is 2.84 bits per heavy atom. The van der Waals surface area contributed by atoms with E-state index in [0.29, 0.717) is 12.4 Å². The number of hydrogen-bond donors (Lipinski definition) is 1. The highest BCUT2D eigenvalue weighted by Crippen LogP contribution is 2.44. The second-order valence-electron chi connectivity index (χ2n) is 4.77. The molecule has 3 atom stereocenters. The van der Waals surface area contributed by atoms with Crippen molar-refractivity contribution >= 4 is 0 Å². The van der Waals surface area contributed by atoms with E-state index in [4.69, 9.17) is 4.74 Å². The summed E-state index contributed by atoms with van der Waals surface area (Å²) < 4.78 is 45.5. The minimum absolute atomic E-state index is 0.0669. The first-order valence-corrected chi connectivity index (χ1v) is 6.33. The van der Waals surface area contributed by atoms with E-state index >= 15 is 0 Å². The molecular weight excluding hydrogens is 261 g/mol. The summed E-state index contributed by atoms with van der Waals surface area (Å²) in [4.78, 5) is 0. The smallest absolute Gasteiger partial charge is 0.393 e. The molecule has 1 aliphatic rings. The lowest BCUT2D eigenvalue weighted by atomic mass is 9.82. The van der Waals surface area contributed by atoms with Gasteiger partial charge in [0.05, 0.1) is 37.1 Å². The SMILES string of the molecule is CCOc1cnn(C2CC(O)CCC2C(F)(F)F)c1. The van der Waals surface area contributed by atoms with Crippen molar-refractivity contribution in [2.24, 2.45) is 5.92 Å². The van der Waals surface area contributed by atoms with Crippen LogP contribution in [-0.2, 0) is 0 Å². The highest BCUT2D eigenvalue weighted by atomic mass is 19.4. The quantitative estimate of drug-likeness (QED) is 0.924. The van der Waals surface area contributed by atoms with Gasteiger partial charge in [-0.25, -0.2) is 0 Å². The fraction of sp³-hybridized carbons (Fsp3) is 0.750. The average molecular weight is 278 g/mol. The molecule has 0 bridgehead atoms. The van der Waals surface area contributed by atoms with Crippen LogP contribution in [0.5, 0.6) is 5.75 Å². The molecule has 0 aromatic carbocycles. The molecule has 0 amide bonds. The summed E-state index contributed by atoms with van der Waals surface area (Å²) >= 11 is 0. The van der Waals surface area contributed by atoms with Gasteiger partial charge in [-0.3, -0.25) is 4.68 Å². The van der Waals surface area contributed by atoms with Gasteiger partial charge >= 0.3 is 6.18 Å². The number of halogens is 3. The van der Waals surface area contributed by atoms with Crippen molar-refractivity contribution in [1.82, 2.24) is 9.78 Å². The summed E-state index contributed by atoms with van der Waals surface area (Å²) in [6, 6.07) is -0.863. The standard InChI is InChI=1S/C12H17F3N2O2/c1-2-19-9-6-16-17(7-9)11-5-8(18)3-4-10(11)12(13,14)15/h6-8,10-11,18H,2-5H2,1H3. The summed E-state index contributed by atoms with van der Waals surface area (Å²) in [6.07, 6.45) is -1.94. The number of aliphatic hydroxyl groups excluding tert-OH is 1. The van der Waals surface area contributed by atoms with E-state index in [2.05, 4.69) is 5.10 Å². The largest absolute Gasteiger partial charge is 0.491 e. The molecule has 0 aliphatic heterocycles. The summed E-state index contributed by atoms with van der Waals surface area (Å²) in [7, 11) is 0. The van der Waals surface area contributed by atoms with Crippen LogP contribution >= 0.6 is 0 Å². The van der Waals surface area contributed by atoms with Crippen molar-refractivity contribution in [3.63, 3.8) is 0 Å². The minimum Gasteiger partial charge on any atom is -0.491 e. The maximum atomic E-state index is 13.0. The molecule has 1 N–H and O–H groups in total. The van der Waals surface area contributed by atoms with Crippen molar-refractivity contribution in [3.05, 3.63) is 12.4 Å². The maximum absolute atomic E-state index is 13.0. The predicted molar refractivity (Wildman–Crippen MR) is 61.8 cm³/mol. The first-order chi connectivity index (χ1) is 8.91. The molecule has 1 aromatic heterocycles. The Hall–Kier alpha value is -1.24. The van der Waals surface area contributed by atoms with Gasteiger partial charge in [0.1, 0.15) is 0 Å². The first kappa shape index (κ1) is 14.2. The average Bonchev–Trinajstić information content (AvgIpc) is 2.76. The number of hydrogen-bond acceptors (Lipinski definition) is 3. The molecule has 1 fully saturated rings. The third-order valence-electron chi connectivity index (χ3n) is 3.44. The highest BCUT2D eigenvalue weighted by molar-refractivity contribution is 5.12. The van der Waals surface area contributed by atoms with Gasteiger partial charge in [-0.05, 0) is 26.2 Å². The third-order valence-corrected chi connectivity index (χ3v) is 3.44. The summed E-state index contributed by atoms with van der Waals surface area (Å²) in [5.41, 5.74) is 0. The lowest BCUT2D eigenvalue weighted by Crippen LogP contribution is -2.38. The molecule has 7 heteroatoms. The highest BCUT2D eigenvalue weighted by Gasteiger charge is 2.48. The van der Waals surface area contributed by atoms with Gasteiger partial charge in [-0.2, -0.15) is 18.3 Å². The van der Waals surface area contributed by atoms with E-state index in [1.807, 2.05) is 0 Å². The second-order valence-corrected chi connectivity index (χ2v) is 4.77. The Kier molecular flexibility index (Phi) is 4.03. The zero-order chi connectivity index (χ0) is 14.0. The number of aromatic nitrogens is 2. The van der Waals surface area contributed by atoms with Crippen LogP contribution in [0.25, 0.3) is 0 Å². The van der Waals surface area contributed by atoms with Crippen LogP contribution < -0.4 is 4.74 Å². The lowest BCUT2D eigenvalue weighted by molar-refractivity contribution is -0.199. The molecule has 4 nitrogen and oxygen atoms in total. The monoisotopic (exact) mass is 278 g/mol. The molecule has 1 aromatic rings. The van der Waals surface area contributed by atoms with Crippen LogP contribution in [0, 0.1) is 5.92 Å². The first-order valence-electron chi connectivity index (χ1n) is 6.33. The van der Waals surface area contributed by atoms with Crippen LogP contribution in [0.3, 0.4) is 0 Å². The molecule has 0 spiro atoms. The summed E-state index contributed by atoms with van der Waals surface area (Å²) in [5, 5.41) is 13.5. The molecule has 0 saturated heterocycles. The number of aliphatic hydroxyl groups is 1. The van der Waals surface area contributed by atoms with Crippen LogP contribution in [0.15, 0.2) is 12.4 Å². The number of nitrogens with zero attached hydrogens (tertiary/aromatic N) is 2. The van der Waals surface area contributed by atoms with Crippen LogP contribution in [0.2, 0.25) is 0 Å². The molecule has 1 aliphatic carbocycles. The number of alkyl halides is 3. The van der Waals surface area contributed by atoms with Crippen molar-refractivity contribution in [2.45, 2.75) is 44.5 Å². The van der Waals surface area contributed by atoms with Crippen molar-refractivity contribution in [3.8, 4) is 5.75 Å². The topological polar surface area (TPSA) is 47.3 Å². The molecule has 19 heavy (non-hydrogen) atoms. The van der Waals surface area contributed by atoms with Crippen LogP contribution in [-0.4, -0.2) is 33.8 Å². The van der Waals surface area contributed by atoms with Gasteiger partial charge in [-0.15, -0.1) is 0 Å². The lowest BCUT2D eigenvalue weighted by Gasteiger charge is -2.35. The Morgan fingerprint density at radius 2 is 2.21 bits per heavy atom. The molecule has 1 saturated carbocycles. The fourth-order valence-electron chi connectivity index (χ4n) is 2.54. The van der Waals surface area contributed by atoms with Crippen molar-refractivity contribution < 1.29 is 23.0 Å². The Bertz CT molecular complexity index is 419. The zero-order valence-electron chi connectivity index (χ0n) is 10.6. The van der Waals surface area contributed by atoms with Gasteiger partial charge in [0.2, 0.25) is 0 Å². The Morgan fingerprint density at radius 1 is 1.47 bits per heavy atom. The number of rotatable bonds is 3. The van der Waals surface area contributed by atoms with E-state index in [-0.39, 0.29) is 19.3 Å². The van der Waals surface area contributed by atoms with Gasteiger partial charge in [0.25, 0.3) is 0 Å². The summed E-state index contributed by atoms with van der Waals surface area (Å²) in [6.45, 7) is 2.22. The van der Waals surface area contributed by atoms with Crippen LogP contribution in [0.1, 0.15) is 32.2 Å². The maximum Gasteiger partial charge on any atom is 0.393 e. The third kappa shape index (κ3) is 3.20. The van der Waals surface area contributed by atoms with Gasteiger partial charge in [0, 0.05) is 0 Å². The van der Waals surface area contributed by atoms with Gasteiger partial charge < -0.3 is 9.84 Å². The predicted octanol–water partition coefficient (Wildman–Crippen LogP) is 2.55. The van der Waals surface area contributed by atoms with Crippen LogP contribution in [0.4, 0.5) is 13.2 Å². The van der Waals surface area contributed by atoms with Crippen molar-refractivity contribution in [2.75, 3.05) is 6.61 Å². The van der Waals surface area contributed by atoms with E-state index in [1.165, 1.54) is 17.1 Å². The normalized spacial score (nSPS) is 28.4. The zero-order valence-corrected chi connectivity index (χ0v) is 10.6. The van der Waals surface area contributed by atoms with E-state index in [0.717, 1.165) is 0 Å². The summed E-state index contributed by atoms with van der Waals surface area (Å²) in [5.74, 6) is -1.02. The Balaban J connectivity index is 2.21. The Labute approximate surface area is 109 Å². The molecular formula is C12H17F3N2O2. The van der Waals surface area contributed by atoms with E-state index in [1.54, 1.807) is 6.92 Å². The molecule has 2 rings (SSSR count).